The maximum absolute atomic E-state index is 13.6. The van der Waals surface area contributed by atoms with Crippen molar-refractivity contribution in [3.8, 4) is 5.69 Å². The number of halogens is 3. The van der Waals surface area contributed by atoms with Crippen LogP contribution in [0.1, 0.15) is 53.5 Å². The fraction of sp³-hybridized carbons (Fsp3) is 0.310. The van der Waals surface area contributed by atoms with Gasteiger partial charge in [-0.1, -0.05) is 49.9 Å². The molecule has 0 bridgehead atoms. The van der Waals surface area contributed by atoms with Crippen molar-refractivity contribution < 1.29 is 18.0 Å². The Morgan fingerprint density at radius 3 is 2.42 bits per heavy atom. The molecule has 0 amide bonds. The summed E-state index contributed by atoms with van der Waals surface area (Å²) in [6, 6.07) is 16.4. The summed E-state index contributed by atoms with van der Waals surface area (Å²) in [5, 5.41) is 9.48. The van der Waals surface area contributed by atoms with E-state index in [4.69, 9.17) is 0 Å². The average Bonchev–Trinajstić information content (AvgIpc) is 3.47. The highest BCUT2D eigenvalue weighted by molar-refractivity contribution is 7.99. The normalized spacial score (nSPS) is 12.9. The zero-order valence-corrected chi connectivity index (χ0v) is 23.3. The number of carbonyl (C=O) groups excluding carboxylic acids is 1. The number of para-hydroxylation sites is 1. The number of benzene rings is 2. The predicted molar refractivity (Wildman–Crippen MR) is 150 cm³/mol. The summed E-state index contributed by atoms with van der Waals surface area (Å²) in [5.74, 6) is 0.308. The molecule has 5 aromatic rings. The van der Waals surface area contributed by atoms with Crippen molar-refractivity contribution in [1.82, 2.24) is 23.7 Å². The van der Waals surface area contributed by atoms with Gasteiger partial charge in [-0.05, 0) is 62.1 Å². The van der Waals surface area contributed by atoms with Crippen LogP contribution in [0.15, 0.2) is 64.5 Å². The Morgan fingerprint density at radius 1 is 1.05 bits per heavy atom. The van der Waals surface area contributed by atoms with Crippen molar-refractivity contribution in [1.29, 1.82) is 0 Å². The number of fused-ring (bicyclic) bond motifs is 3. The summed E-state index contributed by atoms with van der Waals surface area (Å²) < 4.78 is 43.4. The van der Waals surface area contributed by atoms with Crippen LogP contribution in [0.4, 0.5) is 13.2 Å². The number of carbonyl (C=O) groups is 1. The first kappa shape index (κ1) is 27.7. The molecule has 1 atom stereocenters. The summed E-state index contributed by atoms with van der Waals surface area (Å²) in [4.78, 5) is 26.7. The molecule has 0 aliphatic rings. The van der Waals surface area contributed by atoms with E-state index in [0.717, 1.165) is 22.7 Å². The summed E-state index contributed by atoms with van der Waals surface area (Å²) in [6.45, 7) is 6.18. The molecule has 0 spiro atoms. The topological polar surface area (TPSA) is 74.2 Å². The maximum atomic E-state index is 13.6. The Morgan fingerprint density at radius 2 is 1.75 bits per heavy atom. The van der Waals surface area contributed by atoms with Crippen LogP contribution in [0.5, 0.6) is 0 Å². The molecule has 0 unspecified atom stereocenters. The van der Waals surface area contributed by atoms with Gasteiger partial charge in [-0.3, -0.25) is 14.0 Å². The molecule has 40 heavy (non-hydrogen) atoms. The molecule has 0 aliphatic carbocycles. The van der Waals surface area contributed by atoms with Gasteiger partial charge in [0.25, 0.3) is 5.56 Å². The molecular weight excluding hydrogens is 539 g/mol. The van der Waals surface area contributed by atoms with E-state index >= 15 is 0 Å². The lowest BCUT2D eigenvalue weighted by atomic mass is 9.98. The number of nitrogens with zero attached hydrogens (tertiary/aromatic N) is 5. The first-order valence-corrected chi connectivity index (χ1v) is 13.9. The number of Topliss-reactive ketones (excluding diaryl/α,β-unsaturated/α-hetero) is 1. The molecule has 0 saturated heterocycles. The molecule has 3 aromatic heterocycles. The molecule has 0 saturated carbocycles. The molecule has 0 aliphatic heterocycles. The molecule has 2 aromatic carbocycles. The smallest absolute Gasteiger partial charge is 0.339 e. The van der Waals surface area contributed by atoms with Gasteiger partial charge >= 0.3 is 6.18 Å². The minimum absolute atomic E-state index is 0.0613. The van der Waals surface area contributed by atoms with Gasteiger partial charge in [0.15, 0.2) is 10.9 Å². The quantitative estimate of drug-likeness (QED) is 0.158. The fourth-order valence-corrected chi connectivity index (χ4v) is 5.73. The summed E-state index contributed by atoms with van der Waals surface area (Å²) in [5.41, 5.74) is 3.05. The third kappa shape index (κ3) is 5.05. The Hall–Kier alpha value is -3.86. The van der Waals surface area contributed by atoms with E-state index in [1.54, 1.807) is 29.5 Å². The Balaban J connectivity index is 1.53. The van der Waals surface area contributed by atoms with Crippen LogP contribution in [-0.2, 0) is 6.54 Å². The predicted octanol–water partition coefficient (Wildman–Crippen LogP) is 6.50. The highest BCUT2D eigenvalue weighted by Crippen LogP contribution is 2.27. The average molecular weight is 568 g/mol. The first-order valence-electron chi connectivity index (χ1n) is 12.9. The first-order chi connectivity index (χ1) is 19.0. The second-order valence-corrected chi connectivity index (χ2v) is 10.8. The van der Waals surface area contributed by atoms with Crippen LogP contribution in [0, 0.1) is 13.8 Å². The minimum Gasteiger partial charge on any atom is -0.339 e. The fourth-order valence-electron chi connectivity index (χ4n) is 4.91. The van der Waals surface area contributed by atoms with E-state index in [1.165, 1.54) is 23.1 Å². The van der Waals surface area contributed by atoms with Crippen molar-refractivity contribution in [2.24, 2.45) is 0 Å². The second kappa shape index (κ2) is 10.6. The van der Waals surface area contributed by atoms with Gasteiger partial charge in [0.05, 0.1) is 22.3 Å². The van der Waals surface area contributed by atoms with E-state index < -0.39 is 12.7 Å². The number of hydrogen-bond donors (Lipinski definition) is 0. The van der Waals surface area contributed by atoms with Crippen molar-refractivity contribution in [2.45, 2.75) is 57.9 Å². The number of hydrogen-bond acceptors (Lipinski definition) is 5. The van der Waals surface area contributed by atoms with E-state index in [9.17, 15) is 22.8 Å². The number of thioether (sulfide) groups is 1. The van der Waals surface area contributed by atoms with Gasteiger partial charge in [-0.2, -0.15) is 13.2 Å². The SMILES string of the molecule is CC[C@H](C)c1ccc(-n2c(=O)c3ccccc3n3c(SCC(=O)c4cc(C)n(CC(F)(F)F)c4C)nnc23)cc1. The number of aryl methyl sites for hydroxylation is 1. The van der Waals surface area contributed by atoms with Crippen LogP contribution >= 0.6 is 11.8 Å². The van der Waals surface area contributed by atoms with Gasteiger partial charge in [0.2, 0.25) is 5.78 Å². The second-order valence-electron chi connectivity index (χ2n) is 9.87. The highest BCUT2D eigenvalue weighted by atomic mass is 32.2. The third-order valence-electron chi connectivity index (χ3n) is 7.27. The van der Waals surface area contributed by atoms with Crippen LogP contribution in [-0.4, -0.2) is 41.4 Å². The molecule has 5 rings (SSSR count). The Labute approximate surface area is 232 Å². The van der Waals surface area contributed by atoms with Crippen LogP contribution in [0.25, 0.3) is 22.4 Å². The Bertz CT molecular complexity index is 1780. The number of alkyl halides is 3. The lowest BCUT2D eigenvalue weighted by molar-refractivity contribution is -0.141. The molecule has 7 nitrogen and oxygen atoms in total. The summed E-state index contributed by atoms with van der Waals surface area (Å²) in [6.07, 6.45) is -3.40. The lowest BCUT2D eigenvalue weighted by Crippen LogP contribution is -2.22. The molecule has 0 radical (unpaired) electrons. The van der Waals surface area contributed by atoms with Gasteiger partial charge in [-0.15, -0.1) is 10.2 Å². The number of aromatic nitrogens is 5. The molecule has 0 N–H and O–H groups in total. The van der Waals surface area contributed by atoms with Gasteiger partial charge in [-0.25, -0.2) is 4.57 Å². The van der Waals surface area contributed by atoms with Gasteiger partial charge in [0.1, 0.15) is 6.54 Å². The monoisotopic (exact) mass is 567 g/mol. The number of ketones is 1. The molecular formula is C29H28F3N5O2S. The van der Waals surface area contributed by atoms with Crippen molar-refractivity contribution >= 4 is 34.2 Å². The van der Waals surface area contributed by atoms with Crippen molar-refractivity contribution in [3.63, 3.8) is 0 Å². The number of rotatable bonds is 8. The maximum Gasteiger partial charge on any atom is 0.406 e. The molecule has 11 heteroatoms. The molecule has 3 heterocycles. The largest absolute Gasteiger partial charge is 0.406 e. The van der Waals surface area contributed by atoms with Gasteiger partial charge < -0.3 is 4.57 Å². The standard InChI is InChI=1S/C29H28F3N5O2S/c1-5-17(2)20-10-12-21(13-11-20)36-26(39)22-8-6-7-9-24(22)37-27(36)33-34-28(37)40-15-25(38)23-14-18(3)35(19(23)4)16-29(30,31)32/h6-14,17H,5,15-16H2,1-4H3/t17-/m0/s1. The highest BCUT2D eigenvalue weighted by Gasteiger charge is 2.30. The van der Waals surface area contributed by atoms with E-state index in [0.29, 0.717) is 39.1 Å². The van der Waals surface area contributed by atoms with Crippen LogP contribution in [0.3, 0.4) is 0 Å². The van der Waals surface area contributed by atoms with E-state index in [-0.39, 0.29) is 28.4 Å². The zero-order chi connectivity index (χ0) is 28.8. The van der Waals surface area contributed by atoms with E-state index in [1.807, 2.05) is 30.3 Å². The van der Waals surface area contributed by atoms with E-state index in [2.05, 4.69) is 24.0 Å². The Kier molecular flexibility index (Phi) is 7.34. The van der Waals surface area contributed by atoms with Gasteiger partial charge in [0, 0.05) is 17.0 Å². The van der Waals surface area contributed by atoms with Crippen molar-refractivity contribution in [2.75, 3.05) is 5.75 Å². The molecule has 208 valence electrons. The van der Waals surface area contributed by atoms with Crippen molar-refractivity contribution in [3.05, 3.63) is 87.5 Å². The summed E-state index contributed by atoms with van der Waals surface area (Å²) >= 11 is 1.12. The zero-order valence-electron chi connectivity index (χ0n) is 22.5. The lowest BCUT2D eigenvalue weighted by Gasteiger charge is -2.13. The van der Waals surface area contributed by atoms with Crippen LogP contribution < -0.4 is 5.56 Å². The third-order valence-corrected chi connectivity index (χ3v) is 8.20. The minimum atomic E-state index is -4.39. The van der Waals surface area contributed by atoms with Crippen LogP contribution in [0.2, 0.25) is 0 Å². The molecule has 0 fully saturated rings. The summed E-state index contributed by atoms with van der Waals surface area (Å²) in [7, 11) is 0.